The normalized spacial score (nSPS) is 11.8. The SMILES string of the molecule is CCN(C)/C=N\c1cc(C)c(Nc2cccc(SC(F)(F)F)c2)cc1Cl. The van der Waals surface area contributed by atoms with Gasteiger partial charge in [-0.25, -0.2) is 4.99 Å². The van der Waals surface area contributed by atoms with Crippen molar-refractivity contribution in [3.63, 3.8) is 0 Å². The Bertz CT molecular complexity index is 794. The molecule has 26 heavy (non-hydrogen) atoms. The first-order chi connectivity index (χ1) is 12.2. The van der Waals surface area contributed by atoms with Crippen molar-refractivity contribution in [2.24, 2.45) is 4.99 Å². The molecule has 0 aliphatic heterocycles. The molecular weight excluding hydrogens is 383 g/mol. The number of nitrogens with one attached hydrogen (secondary N) is 1. The topological polar surface area (TPSA) is 27.6 Å². The van der Waals surface area contributed by atoms with E-state index in [0.29, 0.717) is 22.1 Å². The Kier molecular flexibility index (Phi) is 6.83. The van der Waals surface area contributed by atoms with Gasteiger partial charge in [0.05, 0.1) is 17.0 Å². The Morgan fingerprint density at radius 3 is 2.65 bits per heavy atom. The summed E-state index contributed by atoms with van der Waals surface area (Å²) in [5.74, 6) is 0. The predicted molar refractivity (Wildman–Crippen MR) is 104 cm³/mol. The Hall–Kier alpha value is -1.86. The molecule has 0 radical (unpaired) electrons. The zero-order chi connectivity index (χ0) is 19.3. The molecule has 2 rings (SSSR count). The lowest BCUT2D eigenvalue weighted by Crippen LogP contribution is -2.14. The van der Waals surface area contributed by atoms with Crippen molar-refractivity contribution in [3.05, 3.63) is 47.0 Å². The Morgan fingerprint density at radius 1 is 1.27 bits per heavy atom. The van der Waals surface area contributed by atoms with Crippen molar-refractivity contribution in [2.45, 2.75) is 24.3 Å². The number of hydrogen-bond acceptors (Lipinski definition) is 3. The minimum Gasteiger partial charge on any atom is -0.366 e. The van der Waals surface area contributed by atoms with Crippen LogP contribution in [0.3, 0.4) is 0 Å². The van der Waals surface area contributed by atoms with Crippen LogP contribution in [0.1, 0.15) is 12.5 Å². The predicted octanol–water partition coefficient (Wildman–Crippen LogP) is 6.62. The van der Waals surface area contributed by atoms with Crippen LogP contribution in [-0.4, -0.2) is 30.3 Å². The van der Waals surface area contributed by atoms with E-state index in [2.05, 4.69) is 10.3 Å². The van der Waals surface area contributed by atoms with Crippen molar-refractivity contribution in [2.75, 3.05) is 18.9 Å². The second-order valence-electron chi connectivity index (χ2n) is 5.64. The number of benzene rings is 2. The van der Waals surface area contributed by atoms with Crippen LogP contribution in [-0.2, 0) is 0 Å². The third kappa shape index (κ3) is 6.14. The number of hydrogen-bond donors (Lipinski definition) is 1. The lowest BCUT2D eigenvalue weighted by Gasteiger charge is -2.13. The third-order valence-electron chi connectivity index (χ3n) is 3.53. The number of rotatable bonds is 6. The third-order valence-corrected chi connectivity index (χ3v) is 4.56. The zero-order valence-electron chi connectivity index (χ0n) is 14.6. The molecule has 0 fully saturated rings. The molecule has 0 saturated carbocycles. The van der Waals surface area contributed by atoms with Gasteiger partial charge in [-0.3, -0.25) is 0 Å². The van der Waals surface area contributed by atoms with E-state index in [4.69, 9.17) is 11.6 Å². The summed E-state index contributed by atoms with van der Waals surface area (Å²) in [5.41, 5.74) is -1.53. The highest BCUT2D eigenvalue weighted by molar-refractivity contribution is 8.00. The molecule has 0 bridgehead atoms. The standard InChI is InChI=1S/C18H19ClF3N3S/c1-4-25(3)11-23-17-8-12(2)16(10-15(17)19)24-13-6-5-7-14(9-13)26-18(20,21)22/h5-11,24H,4H2,1-3H3/b23-11-. The number of alkyl halides is 3. The molecule has 140 valence electrons. The molecule has 0 aromatic heterocycles. The van der Waals surface area contributed by atoms with Gasteiger partial charge in [0.1, 0.15) is 0 Å². The minimum absolute atomic E-state index is 0.120. The average molecular weight is 402 g/mol. The smallest absolute Gasteiger partial charge is 0.366 e. The van der Waals surface area contributed by atoms with Gasteiger partial charge in [0.15, 0.2) is 0 Å². The van der Waals surface area contributed by atoms with Gasteiger partial charge >= 0.3 is 5.51 Å². The molecule has 0 aliphatic carbocycles. The lowest BCUT2D eigenvalue weighted by atomic mass is 10.1. The summed E-state index contributed by atoms with van der Waals surface area (Å²) in [5, 5.41) is 3.57. The van der Waals surface area contributed by atoms with Crippen LogP contribution in [0.15, 0.2) is 46.3 Å². The van der Waals surface area contributed by atoms with Crippen LogP contribution in [0.25, 0.3) is 0 Å². The van der Waals surface area contributed by atoms with E-state index in [0.717, 1.165) is 12.1 Å². The largest absolute Gasteiger partial charge is 0.446 e. The molecule has 0 heterocycles. The summed E-state index contributed by atoms with van der Waals surface area (Å²) in [6.45, 7) is 4.72. The van der Waals surface area contributed by atoms with E-state index in [1.807, 2.05) is 31.9 Å². The maximum absolute atomic E-state index is 12.5. The monoisotopic (exact) mass is 401 g/mol. The highest BCUT2D eigenvalue weighted by atomic mass is 35.5. The van der Waals surface area contributed by atoms with Crippen LogP contribution in [0.5, 0.6) is 0 Å². The molecule has 2 aromatic carbocycles. The van der Waals surface area contributed by atoms with Crippen LogP contribution >= 0.6 is 23.4 Å². The molecule has 0 saturated heterocycles. The molecule has 0 amide bonds. The second kappa shape index (κ2) is 8.68. The van der Waals surface area contributed by atoms with Crippen molar-refractivity contribution < 1.29 is 13.2 Å². The van der Waals surface area contributed by atoms with Crippen molar-refractivity contribution >= 4 is 46.8 Å². The fourth-order valence-electron chi connectivity index (χ4n) is 2.07. The van der Waals surface area contributed by atoms with Crippen LogP contribution < -0.4 is 5.32 Å². The summed E-state index contributed by atoms with van der Waals surface area (Å²) in [6.07, 6.45) is 1.70. The van der Waals surface area contributed by atoms with E-state index in [9.17, 15) is 13.2 Å². The number of aryl methyl sites for hydroxylation is 1. The summed E-state index contributed by atoms with van der Waals surface area (Å²) in [4.78, 5) is 6.39. The van der Waals surface area contributed by atoms with Gasteiger partial charge < -0.3 is 10.2 Å². The number of anilines is 2. The van der Waals surface area contributed by atoms with Gasteiger partial charge in [-0.2, -0.15) is 13.2 Å². The Morgan fingerprint density at radius 2 is 2.00 bits per heavy atom. The van der Waals surface area contributed by atoms with Gasteiger partial charge in [-0.05, 0) is 61.5 Å². The molecule has 2 aromatic rings. The maximum atomic E-state index is 12.5. The fourth-order valence-corrected chi connectivity index (χ4v) is 2.88. The van der Waals surface area contributed by atoms with Gasteiger partial charge in [-0.1, -0.05) is 17.7 Å². The van der Waals surface area contributed by atoms with Crippen LogP contribution in [0.2, 0.25) is 5.02 Å². The molecule has 0 atom stereocenters. The maximum Gasteiger partial charge on any atom is 0.446 e. The van der Waals surface area contributed by atoms with Crippen molar-refractivity contribution in [1.29, 1.82) is 0 Å². The molecule has 1 N–H and O–H groups in total. The number of thioether (sulfide) groups is 1. The van der Waals surface area contributed by atoms with E-state index in [1.165, 1.54) is 12.1 Å². The highest BCUT2D eigenvalue weighted by Gasteiger charge is 2.29. The first-order valence-electron chi connectivity index (χ1n) is 7.85. The van der Waals surface area contributed by atoms with Gasteiger partial charge in [0.25, 0.3) is 0 Å². The van der Waals surface area contributed by atoms with Crippen molar-refractivity contribution in [3.8, 4) is 0 Å². The average Bonchev–Trinajstić information content (AvgIpc) is 2.55. The molecule has 0 unspecified atom stereocenters. The van der Waals surface area contributed by atoms with E-state index >= 15 is 0 Å². The van der Waals surface area contributed by atoms with Gasteiger partial charge in [-0.15, -0.1) is 0 Å². The number of aliphatic imine (C=N–C) groups is 1. The first-order valence-corrected chi connectivity index (χ1v) is 9.05. The quantitative estimate of drug-likeness (QED) is 0.335. The van der Waals surface area contributed by atoms with Crippen LogP contribution in [0, 0.1) is 6.92 Å². The summed E-state index contributed by atoms with van der Waals surface area (Å²) >= 11 is 6.14. The van der Waals surface area contributed by atoms with Gasteiger partial charge in [0, 0.05) is 29.9 Å². The number of nitrogens with zero attached hydrogens (tertiary/aromatic N) is 2. The van der Waals surface area contributed by atoms with E-state index < -0.39 is 5.51 Å². The molecule has 3 nitrogen and oxygen atoms in total. The van der Waals surface area contributed by atoms with Crippen molar-refractivity contribution in [1.82, 2.24) is 4.90 Å². The minimum atomic E-state index is -4.32. The Labute approximate surface area is 160 Å². The summed E-state index contributed by atoms with van der Waals surface area (Å²) in [6, 6.07) is 9.71. The highest BCUT2D eigenvalue weighted by Crippen LogP contribution is 2.38. The zero-order valence-corrected chi connectivity index (χ0v) is 16.1. The first kappa shape index (κ1) is 20.5. The number of halogens is 4. The summed E-state index contributed by atoms with van der Waals surface area (Å²) in [7, 11) is 1.91. The molecule has 8 heteroatoms. The molecule has 0 aliphatic rings. The van der Waals surface area contributed by atoms with Gasteiger partial charge in [0.2, 0.25) is 0 Å². The molecular formula is C18H19ClF3N3S. The van der Waals surface area contributed by atoms with E-state index in [1.54, 1.807) is 24.5 Å². The van der Waals surface area contributed by atoms with Crippen LogP contribution in [0.4, 0.5) is 30.2 Å². The molecule has 0 spiro atoms. The summed E-state index contributed by atoms with van der Waals surface area (Å²) < 4.78 is 37.6. The Balaban J connectivity index is 2.21. The second-order valence-corrected chi connectivity index (χ2v) is 7.18. The fraction of sp³-hybridized carbons (Fsp3) is 0.278. The van der Waals surface area contributed by atoms with E-state index in [-0.39, 0.29) is 16.7 Å². The lowest BCUT2D eigenvalue weighted by molar-refractivity contribution is -0.0328.